The summed E-state index contributed by atoms with van der Waals surface area (Å²) in [4.78, 5) is 38.9. The van der Waals surface area contributed by atoms with Gasteiger partial charge in [-0.25, -0.2) is 0 Å². The Labute approximate surface area is 153 Å². The number of ketones is 1. The molecule has 0 radical (unpaired) electrons. The van der Waals surface area contributed by atoms with Crippen LogP contribution in [0.15, 0.2) is 0 Å². The Morgan fingerprint density at radius 3 is 1.88 bits per heavy atom. The van der Waals surface area contributed by atoms with Crippen molar-refractivity contribution in [1.29, 1.82) is 0 Å². The van der Waals surface area contributed by atoms with Gasteiger partial charge in [0.15, 0.2) is 0 Å². The van der Waals surface area contributed by atoms with E-state index in [1.807, 2.05) is 60.5 Å². The van der Waals surface area contributed by atoms with E-state index in [-0.39, 0.29) is 34.8 Å². The molecule has 0 aromatic rings. The molecule has 146 valence electrons. The molecule has 0 bridgehead atoms. The zero-order chi connectivity index (χ0) is 19.8. The molecule has 0 aliphatic rings. The summed E-state index contributed by atoms with van der Waals surface area (Å²) in [6.07, 6.45) is 0.715. The van der Waals surface area contributed by atoms with Crippen molar-refractivity contribution in [3.63, 3.8) is 0 Å². The molecule has 0 saturated carbocycles. The van der Waals surface area contributed by atoms with Crippen LogP contribution in [0.5, 0.6) is 0 Å². The smallest absolute Gasteiger partial charge is 0.243 e. The Hall–Kier alpha value is -1.43. The van der Waals surface area contributed by atoms with Gasteiger partial charge in [-0.15, -0.1) is 0 Å². The molecule has 1 unspecified atom stereocenters. The molecule has 0 aliphatic heterocycles. The van der Waals surface area contributed by atoms with E-state index in [4.69, 9.17) is 0 Å². The van der Waals surface area contributed by atoms with Crippen LogP contribution < -0.4 is 10.6 Å². The number of rotatable bonds is 9. The largest absolute Gasteiger partial charge is 0.353 e. The monoisotopic (exact) mass is 355 g/mol. The number of hydrogen-bond donors (Lipinski definition) is 2. The Balaban J connectivity index is 4.88. The standard InChI is InChI=1S/C19H37N3O3/c1-18(2,3)12-14(23)11-15(17(25)20-9-10-22(7)8)21-16(24)13-19(4,5)6/h15H,9-13H2,1-8H3,(H,20,25)(H,21,24). The van der Waals surface area contributed by atoms with Gasteiger partial charge in [-0.3, -0.25) is 14.4 Å². The van der Waals surface area contributed by atoms with E-state index in [1.165, 1.54) is 0 Å². The number of likely N-dealkylation sites (N-methyl/N-ethyl adjacent to an activating group) is 1. The second-order valence-electron chi connectivity index (χ2n) is 9.43. The van der Waals surface area contributed by atoms with Crippen LogP contribution in [0, 0.1) is 10.8 Å². The van der Waals surface area contributed by atoms with Crippen LogP contribution in [-0.4, -0.2) is 55.7 Å². The number of Topliss-reactive ketones (excluding diaryl/α,β-unsaturated/α-hetero) is 1. The summed E-state index contributed by atoms with van der Waals surface area (Å²) in [6.45, 7) is 13.0. The van der Waals surface area contributed by atoms with E-state index >= 15 is 0 Å². The van der Waals surface area contributed by atoms with Crippen LogP contribution in [-0.2, 0) is 14.4 Å². The first kappa shape index (κ1) is 23.6. The number of nitrogens with one attached hydrogen (secondary N) is 2. The Kier molecular flexibility index (Phi) is 9.33. The van der Waals surface area contributed by atoms with Gasteiger partial charge in [0, 0.05) is 32.4 Å². The molecule has 1 atom stereocenters. The topological polar surface area (TPSA) is 78.5 Å². The van der Waals surface area contributed by atoms with E-state index in [0.717, 1.165) is 0 Å². The van der Waals surface area contributed by atoms with Crippen molar-refractivity contribution in [2.24, 2.45) is 10.8 Å². The highest BCUT2D eigenvalue weighted by Crippen LogP contribution is 2.21. The second kappa shape index (κ2) is 9.90. The molecular formula is C19H37N3O3. The Morgan fingerprint density at radius 2 is 1.44 bits per heavy atom. The molecule has 0 aliphatic carbocycles. The van der Waals surface area contributed by atoms with Gasteiger partial charge in [0.25, 0.3) is 0 Å². The van der Waals surface area contributed by atoms with Crippen molar-refractivity contribution in [3.05, 3.63) is 0 Å². The number of carbonyl (C=O) groups is 3. The third-order valence-electron chi connectivity index (χ3n) is 3.36. The van der Waals surface area contributed by atoms with Gasteiger partial charge in [-0.2, -0.15) is 0 Å². The van der Waals surface area contributed by atoms with Crippen molar-refractivity contribution in [2.75, 3.05) is 27.2 Å². The van der Waals surface area contributed by atoms with E-state index in [0.29, 0.717) is 25.9 Å². The molecule has 6 heteroatoms. The first-order valence-corrected chi connectivity index (χ1v) is 8.93. The maximum atomic E-state index is 12.4. The van der Waals surface area contributed by atoms with Gasteiger partial charge in [-0.05, 0) is 24.9 Å². The highest BCUT2D eigenvalue weighted by molar-refractivity contribution is 5.92. The number of amides is 2. The summed E-state index contributed by atoms with van der Waals surface area (Å²) in [5.74, 6) is -0.522. The predicted molar refractivity (Wildman–Crippen MR) is 101 cm³/mol. The molecule has 0 aromatic carbocycles. The molecule has 0 fully saturated rings. The predicted octanol–water partition coefficient (Wildman–Crippen LogP) is 1.98. The number of carbonyl (C=O) groups excluding carboxylic acids is 3. The van der Waals surface area contributed by atoms with Crippen molar-refractivity contribution in [2.45, 2.75) is 66.8 Å². The van der Waals surface area contributed by atoms with E-state index in [2.05, 4.69) is 10.6 Å². The summed E-state index contributed by atoms with van der Waals surface area (Å²) in [5.41, 5.74) is -0.316. The summed E-state index contributed by atoms with van der Waals surface area (Å²) in [5, 5.41) is 5.55. The van der Waals surface area contributed by atoms with Gasteiger partial charge in [0.2, 0.25) is 11.8 Å². The third kappa shape index (κ3) is 13.5. The van der Waals surface area contributed by atoms with Crippen molar-refractivity contribution >= 4 is 17.6 Å². The lowest BCUT2D eigenvalue weighted by atomic mass is 9.88. The lowest BCUT2D eigenvalue weighted by molar-refractivity contribution is -0.132. The fourth-order valence-electron chi connectivity index (χ4n) is 2.35. The minimum Gasteiger partial charge on any atom is -0.353 e. The lowest BCUT2D eigenvalue weighted by Gasteiger charge is -2.23. The maximum absolute atomic E-state index is 12.4. The fourth-order valence-corrected chi connectivity index (χ4v) is 2.35. The van der Waals surface area contributed by atoms with E-state index < -0.39 is 6.04 Å². The van der Waals surface area contributed by atoms with E-state index in [1.54, 1.807) is 0 Å². The average molecular weight is 356 g/mol. The van der Waals surface area contributed by atoms with Crippen molar-refractivity contribution in [1.82, 2.24) is 15.5 Å². The Morgan fingerprint density at radius 1 is 0.920 bits per heavy atom. The molecule has 2 N–H and O–H groups in total. The maximum Gasteiger partial charge on any atom is 0.243 e. The molecule has 0 saturated heterocycles. The average Bonchev–Trinajstić information content (AvgIpc) is 2.32. The molecule has 2 amide bonds. The van der Waals surface area contributed by atoms with Gasteiger partial charge in [-0.1, -0.05) is 41.5 Å². The van der Waals surface area contributed by atoms with Crippen molar-refractivity contribution < 1.29 is 14.4 Å². The SMILES string of the molecule is CN(C)CCNC(=O)C(CC(=O)CC(C)(C)C)NC(=O)CC(C)(C)C. The summed E-state index contributed by atoms with van der Waals surface area (Å²) in [6, 6.07) is -0.813. The second-order valence-corrected chi connectivity index (χ2v) is 9.43. The van der Waals surface area contributed by atoms with Gasteiger partial charge in [0.1, 0.15) is 11.8 Å². The summed E-state index contributed by atoms with van der Waals surface area (Å²) in [7, 11) is 3.84. The normalized spacial score (nSPS) is 13.5. The minimum atomic E-state index is -0.813. The van der Waals surface area contributed by atoms with E-state index in [9.17, 15) is 14.4 Å². The molecule has 0 spiro atoms. The van der Waals surface area contributed by atoms with Crippen molar-refractivity contribution in [3.8, 4) is 0 Å². The van der Waals surface area contributed by atoms with Crippen LogP contribution >= 0.6 is 0 Å². The molecule has 0 aromatic heterocycles. The van der Waals surface area contributed by atoms with Gasteiger partial charge in [0.05, 0.1) is 0 Å². The van der Waals surface area contributed by atoms with Crippen LogP contribution in [0.1, 0.15) is 60.8 Å². The molecule has 0 rings (SSSR count). The first-order valence-electron chi connectivity index (χ1n) is 8.93. The molecule has 25 heavy (non-hydrogen) atoms. The first-order chi connectivity index (χ1) is 11.2. The zero-order valence-electron chi connectivity index (χ0n) is 17.3. The quantitative estimate of drug-likeness (QED) is 0.663. The van der Waals surface area contributed by atoms with Gasteiger partial charge >= 0.3 is 0 Å². The van der Waals surface area contributed by atoms with Gasteiger partial charge < -0.3 is 15.5 Å². The molecular weight excluding hydrogens is 318 g/mol. The van der Waals surface area contributed by atoms with Crippen LogP contribution in [0.2, 0.25) is 0 Å². The van der Waals surface area contributed by atoms with Crippen LogP contribution in [0.3, 0.4) is 0 Å². The highest BCUT2D eigenvalue weighted by atomic mass is 16.2. The lowest BCUT2D eigenvalue weighted by Crippen LogP contribution is -2.49. The zero-order valence-corrected chi connectivity index (χ0v) is 17.3. The summed E-state index contributed by atoms with van der Waals surface area (Å²) >= 11 is 0. The minimum absolute atomic E-state index is 0.0173. The molecule has 0 heterocycles. The molecule has 6 nitrogen and oxygen atoms in total. The number of nitrogens with zero attached hydrogens (tertiary/aromatic N) is 1. The number of hydrogen-bond acceptors (Lipinski definition) is 4. The fraction of sp³-hybridized carbons (Fsp3) is 0.842. The third-order valence-corrected chi connectivity index (χ3v) is 3.36. The van der Waals surface area contributed by atoms with Crippen LogP contribution in [0.4, 0.5) is 0 Å². The summed E-state index contributed by atoms with van der Waals surface area (Å²) < 4.78 is 0. The van der Waals surface area contributed by atoms with Crippen LogP contribution in [0.25, 0.3) is 0 Å². The Bertz CT molecular complexity index is 430. The highest BCUT2D eigenvalue weighted by Gasteiger charge is 2.27.